The fourth-order valence-electron chi connectivity index (χ4n) is 1.36. The summed E-state index contributed by atoms with van der Waals surface area (Å²) in [6, 6.07) is 3.58. The Labute approximate surface area is 105 Å². The molecule has 0 fully saturated rings. The van der Waals surface area contributed by atoms with Gasteiger partial charge in [-0.3, -0.25) is 4.79 Å². The predicted octanol–water partition coefficient (Wildman–Crippen LogP) is 2.18. The van der Waals surface area contributed by atoms with Gasteiger partial charge in [-0.25, -0.2) is 13.8 Å². The molecule has 0 bridgehead atoms. The van der Waals surface area contributed by atoms with E-state index in [2.05, 4.69) is 10.3 Å². The van der Waals surface area contributed by atoms with Gasteiger partial charge >= 0.3 is 0 Å². The van der Waals surface area contributed by atoms with Crippen molar-refractivity contribution in [3.05, 3.63) is 40.9 Å². The summed E-state index contributed by atoms with van der Waals surface area (Å²) in [6.45, 7) is 0. The van der Waals surface area contributed by atoms with Gasteiger partial charge in [-0.2, -0.15) is 0 Å². The molecule has 4 nitrogen and oxygen atoms in total. The molecule has 18 heavy (non-hydrogen) atoms. The number of nitrogens with two attached hydrogens (primary N) is 1. The van der Waals surface area contributed by atoms with E-state index in [0.29, 0.717) is 10.8 Å². The van der Waals surface area contributed by atoms with E-state index in [0.717, 1.165) is 6.07 Å². The number of anilines is 2. The number of hydrogen-bond acceptors (Lipinski definition) is 4. The second-order valence-corrected chi connectivity index (χ2v) is 4.39. The van der Waals surface area contributed by atoms with Gasteiger partial charge in [0.15, 0.2) is 16.8 Å². The summed E-state index contributed by atoms with van der Waals surface area (Å²) < 4.78 is 26.2. The van der Waals surface area contributed by atoms with Gasteiger partial charge in [0.25, 0.3) is 0 Å². The van der Waals surface area contributed by atoms with Crippen LogP contribution in [0.5, 0.6) is 0 Å². The van der Waals surface area contributed by atoms with Crippen molar-refractivity contribution in [1.29, 1.82) is 0 Å². The van der Waals surface area contributed by atoms with Crippen LogP contribution in [0.1, 0.15) is 5.69 Å². The van der Waals surface area contributed by atoms with E-state index in [1.54, 1.807) is 5.38 Å². The Morgan fingerprint density at radius 3 is 2.89 bits per heavy atom. The van der Waals surface area contributed by atoms with E-state index >= 15 is 0 Å². The Morgan fingerprint density at radius 1 is 1.44 bits per heavy atom. The van der Waals surface area contributed by atoms with Crippen LogP contribution in [0.3, 0.4) is 0 Å². The molecule has 0 atom stereocenters. The number of thiazole rings is 1. The van der Waals surface area contributed by atoms with Gasteiger partial charge < -0.3 is 11.1 Å². The van der Waals surface area contributed by atoms with Crippen molar-refractivity contribution in [3.63, 3.8) is 0 Å². The number of carbonyl (C=O) groups excluding carboxylic acids is 1. The third-order valence-electron chi connectivity index (χ3n) is 2.14. The van der Waals surface area contributed by atoms with Crippen LogP contribution in [-0.4, -0.2) is 10.9 Å². The lowest BCUT2D eigenvalue weighted by Crippen LogP contribution is -2.16. The lowest BCUT2D eigenvalue weighted by Gasteiger charge is -2.05. The van der Waals surface area contributed by atoms with Gasteiger partial charge in [-0.1, -0.05) is 6.07 Å². The molecule has 2 aromatic rings. The fourth-order valence-corrected chi connectivity index (χ4v) is 1.93. The fraction of sp³-hybridized carbons (Fsp3) is 0.0909. The summed E-state index contributed by atoms with van der Waals surface area (Å²) in [5.41, 5.74) is 5.72. The second kappa shape index (κ2) is 5.09. The van der Waals surface area contributed by atoms with Crippen molar-refractivity contribution in [2.24, 2.45) is 0 Å². The van der Waals surface area contributed by atoms with Crippen molar-refractivity contribution in [2.75, 3.05) is 11.1 Å². The minimum atomic E-state index is -1.08. The third kappa shape index (κ3) is 2.80. The molecule has 1 amide bonds. The van der Waals surface area contributed by atoms with Crippen LogP contribution in [-0.2, 0) is 11.2 Å². The number of hydrogen-bond donors (Lipinski definition) is 2. The molecule has 94 valence electrons. The normalized spacial score (nSPS) is 10.3. The number of nitrogen functional groups attached to an aromatic ring is 1. The van der Waals surface area contributed by atoms with Crippen LogP contribution < -0.4 is 11.1 Å². The standard InChI is InChI=1S/C11H9F2N3OS/c12-7-2-1-3-8(10(7)13)16-9(17)4-6-5-18-11(14)15-6/h1-3,5H,4H2,(H2,14,15)(H,16,17). The highest BCUT2D eigenvalue weighted by Gasteiger charge is 2.12. The molecule has 0 saturated carbocycles. The molecule has 0 aliphatic heterocycles. The average molecular weight is 269 g/mol. The molecular formula is C11H9F2N3OS. The van der Waals surface area contributed by atoms with E-state index in [-0.39, 0.29) is 12.1 Å². The van der Waals surface area contributed by atoms with Crippen LogP contribution in [0.15, 0.2) is 23.6 Å². The lowest BCUT2D eigenvalue weighted by molar-refractivity contribution is -0.115. The second-order valence-electron chi connectivity index (χ2n) is 3.50. The van der Waals surface area contributed by atoms with Crippen LogP contribution in [0, 0.1) is 11.6 Å². The minimum absolute atomic E-state index is 0.0380. The average Bonchev–Trinajstić information content (AvgIpc) is 2.70. The van der Waals surface area contributed by atoms with Gasteiger partial charge in [0.1, 0.15) is 0 Å². The summed E-state index contributed by atoms with van der Waals surface area (Å²) in [7, 11) is 0. The molecule has 1 aromatic heterocycles. The zero-order valence-corrected chi connectivity index (χ0v) is 9.93. The van der Waals surface area contributed by atoms with E-state index < -0.39 is 17.5 Å². The molecule has 1 aromatic carbocycles. The number of halogens is 2. The maximum atomic E-state index is 13.3. The minimum Gasteiger partial charge on any atom is -0.375 e. The van der Waals surface area contributed by atoms with Gasteiger partial charge in [0.2, 0.25) is 5.91 Å². The molecule has 0 radical (unpaired) electrons. The number of aromatic nitrogens is 1. The SMILES string of the molecule is Nc1nc(CC(=O)Nc2cccc(F)c2F)cs1. The van der Waals surface area contributed by atoms with Gasteiger partial charge in [-0.05, 0) is 12.1 Å². The van der Waals surface area contributed by atoms with Crippen molar-refractivity contribution in [2.45, 2.75) is 6.42 Å². The largest absolute Gasteiger partial charge is 0.375 e. The van der Waals surface area contributed by atoms with Gasteiger partial charge in [0, 0.05) is 5.38 Å². The van der Waals surface area contributed by atoms with E-state index in [1.165, 1.54) is 23.5 Å². The van der Waals surface area contributed by atoms with Gasteiger partial charge in [-0.15, -0.1) is 11.3 Å². The highest BCUT2D eigenvalue weighted by Crippen LogP contribution is 2.17. The number of rotatable bonds is 3. The maximum Gasteiger partial charge on any atom is 0.230 e. The first-order valence-corrected chi connectivity index (χ1v) is 5.88. The maximum absolute atomic E-state index is 13.3. The molecule has 1 heterocycles. The lowest BCUT2D eigenvalue weighted by atomic mass is 10.2. The Hall–Kier alpha value is -2.02. The molecular weight excluding hydrogens is 260 g/mol. The highest BCUT2D eigenvalue weighted by molar-refractivity contribution is 7.13. The first kappa shape index (κ1) is 12.4. The quantitative estimate of drug-likeness (QED) is 0.897. The first-order chi connectivity index (χ1) is 8.56. The van der Waals surface area contributed by atoms with Gasteiger partial charge in [0.05, 0.1) is 17.8 Å². The number of amides is 1. The zero-order chi connectivity index (χ0) is 13.1. The Morgan fingerprint density at radius 2 is 2.22 bits per heavy atom. The highest BCUT2D eigenvalue weighted by atomic mass is 32.1. The van der Waals surface area contributed by atoms with Crippen LogP contribution in [0.4, 0.5) is 19.6 Å². The molecule has 0 aliphatic rings. The van der Waals surface area contributed by atoms with Crippen LogP contribution >= 0.6 is 11.3 Å². The third-order valence-corrected chi connectivity index (χ3v) is 2.86. The number of carbonyl (C=O) groups is 1. The molecule has 0 spiro atoms. The smallest absolute Gasteiger partial charge is 0.230 e. The molecule has 2 rings (SSSR count). The molecule has 3 N–H and O–H groups in total. The summed E-state index contributed by atoms with van der Waals surface area (Å²) in [4.78, 5) is 15.5. The number of nitrogens with one attached hydrogen (secondary N) is 1. The number of benzene rings is 1. The number of nitrogens with zero attached hydrogens (tertiary/aromatic N) is 1. The summed E-state index contributed by atoms with van der Waals surface area (Å²) in [5, 5.41) is 4.27. The summed E-state index contributed by atoms with van der Waals surface area (Å²) in [6.07, 6.45) is -0.0380. The van der Waals surface area contributed by atoms with E-state index in [9.17, 15) is 13.6 Å². The first-order valence-electron chi connectivity index (χ1n) is 5.00. The monoisotopic (exact) mass is 269 g/mol. The zero-order valence-electron chi connectivity index (χ0n) is 9.11. The molecule has 0 saturated heterocycles. The summed E-state index contributed by atoms with van der Waals surface area (Å²) in [5.74, 6) is -2.57. The van der Waals surface area contributed by atoms with Crippen molar-refractivity contribution < 1.29 is 13.6 Å². The molecule has 0 aliphatic carbocycles. The van der Waals surface area contributed by atoms with Crippen molar-refractivity contribution in [1.82, 2.24) is 4.98 Å². The van der Waals surface area contributed by atoms with Crippen LogP contribution in [0.2, 0.25) is 0 Å². The summed E-state index contributed by atoms with van der Waals surface area (Å²) >= 11 is 1.21. The van der Waals surface area contributed by atoms with E-state index in [4.69, 9.17) is 5.73 Å². The Kier molecular flexibility index (Phi) is 3.52. The molecule has 7 heteroatoms. The van der Waals surface area contributed by atoms with Crippen LogP contribution in [0.25, 0.3) is 0 Å². The van der Waals surface area contributed by atoms with E-state index in [1.807, 2.05) is 0 Å². The molecule has 0 unspecified atom stereocenters. The van der Waals surface area contributed by atoms with Crippen molar-refractivity contribution in [3.8, 4) is 0 Å². The predicted molar refractivity (Wildman–Crippen MR) is 65.2 cm³/mol. The Bertz CT molecular complexity index is 585. The topological polar surface area (TPSA) is 68.0 Å². The Balaban J connectivity index is 2.05. The van der Waals surface area contributed by atoms with Crippen molar-refractivity contribution >= 4 is 28.1 Å².